The molecule has 6 aromatic rings. The predicted molar refractivity (Wildman–Crippen MR) is 188 cm³/mol. The second kappa shape index (κ2) is 10.7. The number of benzene rings is 6. The fourth-order valence-electron chi connectivity index (χ4n) is 6.83. The molecule has 0 aromatic heterocycles. The topological polar surface area (TPSA) is 21.3 Å². The molecule has 0 saturated carbocycles. The van der Waals surface area contributed by atoms with Crippen LogP contribution in [0, 0.1) is 0 Å². The molecule has 1 aliphatic rings. The normalized spacial score (nSPS) is 16.0. The van der Waals surface area contributed by atoms with Crippen molar-refractivity contribution in [3.63, 3.8) is 0 Å². The van der Waals surface area contributed by atoms with E-state index >= 15 is 4.20 Å². The van der Waals surface area contributed by atoms with Crippen LogP contribution in [0.25, 0.3) is 0 Å². The van der Waals surface area contributed by atoms with Crippen molar-refractivity contribution in [2.45, 2.75) is 31.6 Å². The second-order valence-corrected chi connectivity index (χ2v) is 16.1. The first-order chi connectivity index (χ1) is 21.7. The van der Waals surface area contributed by atoms with Gasteiger partial charge in [0.15, 0.2) is 0 Å². The van der Waals surface area contributed by atoms with Gasteiger partial charge in [-0.1, -0.05) is 0 Å². The number of anilines is 1. The number of halogens is 1. The first-order valence-electron chi connectivity index (χ1n) is 15.4. The summed E-state index contributed by atoms with van der Waals surface area (Å²) in [5, 5.41) is 4.49. The zero-order chi connectivity index (χ0) is 31.1. The van der Waals surface area contributed by atoms with Crippen molar-refractivity contribution in [1.82, 2.24) is 0 Å². The van der Waals surface area contributed by atoms with E-state index in [0.29, 0.717) is 22.0 Å². The van der Waals surface area contributed by atoms with Crippen LogP contribution in [-0.4, -0.2) is 0 Å². The molecule has 45 heavy (non-hydrogen) atoms. The average Bonchev–Trinajstić information content (AvgIpc) is 3.42. The molecule has 7 rings (SSSR count). The van der Waals surface area contributed by atoms with E-state index in [1.165, 1.54) is 0 Å². The summed E-state index contributed by atoms with van der Waals surface area (Å²) in [7, 11) is -4.89. The molecule has 0 atom stereocenters. The van der Waals surface area contributed by atoms with Crippen molar-refractivity contribution in [2.24, 2.45) is 0 Å². The van der Waals surface area contributed by atoms with Crippen LogP contribution in [0.3, 0.4) is 0 Å². The molecule has 6 aromatic carbocycles. The van der Waals surface area contributed by atoms with Crippen molar-refractivity contribution in [3.8, 4) is 5.75 Å². The van der Waals surface area contributed by atoms with Crippen molar-refractivity contribution in [2.75, 3.05) is 5.09 Å². The molecule has 0 aliphatic carbocycles. The second-order valence-electron chi connectivity index (χ2n) is 12.8. The van der Waals surface area contributed by atoms with Crippen LogP contribution >= 0.6 is 7.29 Å². The molecule has 0 spiro atoms. The van der Waals surface area contributed by atoms with Crippen molar-refractivity contribution in [1.29, 1.82) is 0 Å². The fourth-order valence-corrected chi connectivity index (χ4v) is 10.2. The molecule has 1 heterocycles. The maximum atomic E-state index is 18.7. The standard InChI is InChI=1S/C41H37FNOP/c1-40(2,3)37-29-34(41(31-19-9-4-10-20-31,32-21-11-5-12-22-32)33-23-13-6-14-24-33)30-38-39(37)44-45(42,43-38,35-25-15-7-16-26-35)36-27-17-8-18-28-36/h4-30,43H,1-3H3. The first-order valence-corrected chi connectivity index (χ1v) is 17.5. The number of nitrogens with one attached hydrogen (secondary N) is 1. The van der Waals surface area contributed by atoms with Crippen LogP contribution in [0.1, 0.15) is 48.6 Å². The summed E-state index contributed by atoms with van der Waals surface area (Å²) < 4.78 is 25.6. The van der Waals surface area contributed by atoms with Gasteiger partial charge in [0.05, 0.1) is 0 Å². The summed E-state index contributed by atoms with van der Waals surface area (Å²) in [6, 6.07) is 54.9. The van der Waals surface area contributed by atoms with Crippen LogP contribution in [0.5, 0.6) is 5.75 Å². The molecule has 0 bridgehead atoms. The Labute approximate surface area is 265 Å². The Morgan fingerprint density at radius 2 is 0.889 bits per heavy atom. The van der Waals surface area contributed by atoms with Gasteiger partial charge in [-0.2, -0.15) is 0 Å². The number of hydrogen-bond donors (Lipinski definition) is 1. The SMILES string of the molecule is CC(C)(C)c1cc(C(c2ccccc2)(c2ccccc2)c2ccccc2)cc2c1OP(F)(c1ccccc1)(c1ccccc1)N2. The van der Waals surface area contributed by atoms with Gasteiger partial charge in [-0.15, -0.1) is 0 Å². The number of fused-ring (bicyclic) bond motifs is 1. The van der Waals surface area contributed by atoms with Gasteiger partial charge in [-0.3, -0.25) is 0 Å². The van der Waals surface area contributed by atoms with Gasteiger partial charge in [-0.05, 0) is 0 Å². The Bertz CT molecular complexity index is 1800. The van der Waals surface area contributed by atoms with Gasteiger partial charge >= 0.3 is 266 Å². The van der Waals surface area contributed by atoms with Gasteiger partial charge in [0.2, 0.25) is 0 Å². The van der Waals surface area contributed by atoms with Crippen LogP contribution < -0.4 is 20.2 Å². The minimum atomic E-state index is -4.89. The van der Waals surface area contributed by atoms with E-state index in [1.807, 2.05) is 60.7 Å². The summed E-state index contributed by atoms with van der Waals surface area (Å²) in [6.45, 7) is 6.50. The zero-order valence-corrected chi connectivity index (χ0v) is 26.7. The van der Waals surface area contributed by atoms with E-state index in [-0.39, 0.29) is 5.41 Å². The van der Waals surface area contributed by atoms with Gasteiger partial charge in [0.1, 0.15) is 0 Å². The Balaban J connectivity index is 1.58. The summed E-state index contributed by atoms with van der Waals surface area (Å²) in [4.78, 5) is 0. The van der Waals surface area contributed by atoms with Crippen LogP contribution in [0.2, 0.25) is 0 Å². The van der Waals surface area contributed by atoms with E-state index in [2.05, 4.69) is 129 Å². The molecule has 0 saturated heterocycles. The Hall–Kier alpha value is -4.72. The van der Waals surface area contributed by atoms with E-state index < -0.39 is 12.7 Å². The molecule has 0 radical (unpaired) electrons. The molecule has 0 fully saturated rings. The molecule has 0 unspecified atom stereocenters. The Morgan fingerprint density at radius 3 is 1.27 bits per heavy atom. The third-order valence-electron chi connectivity index (χ3n) is 8.97. The van der Waals surface area contributed by atoms with Crippen molar-refractivity contribution >= 4 is 23.6 Å². The van der Waals surface area contributed by atoms with Gasteiger partial charge in [-0.25, -0.2) is 0 Å². The molecule has 0 amide bonds. The summed E-state index contributed by atoms with van der Waals surface area (Å²) in [5.41, 5.74) is 5.00. The van der Waals surface area contributed by atoms with Gasteiger partial charge in [0.25, 0.3) is 0 Å². The van der Waals surface area contributed by atoms with Crippen LogP contribution in [0.4, 0.5) is 9.88 Å². The molecule has 224 valence electrons. The molecule has 1 N–H and O–H groups in total. The first kappa shape index (κ1) is 29.0. The maximum absolute atomic E-state index is 18.7. The van der Waals surface area contributed by atoms with E-state index in [4.69, 9.17) is 4.52 Å². The molecular weight excluding hydrogens is 572 g/mol. The summed E-state index contributed by atoms with van der Waals surface area (Å²) in [5.74, 6) is 0.571. The quantitative estimate of drug-likeness (QED) is 0.150. The third-order valence-corrected chi connectivity index (χ3v) is 12.6. The van der Waals surface area contributed by atoms with Gasteiger partial charge < -0.3 is 0 Å². The van der Waals surface area contributed by atoms with Crippen LogP contribution in [0.15, 0.2) is 164 Å². The molecular formula is C41H37FNOP. The van der Waals surface area contributed by atoms with E-state index in [0.717, 1.165) is 27.8 Å². The summed E-state index contributed by atoms with van der Waals surface area (Å²) >= 11 is 0. The van der Waals surface area contributed by atoms with Crippen molar-refractivity contribution < 1.29 is 8.72 Å². The minimum absolute atomic E-state index is 0.357. The predicted octanol–water partition coefficient (Wildman–Crippen LogP) is 10.1. The third kappa shape index (κ3) is 4.57. The van der Waals surface area contributed by atoms with Crippen molar-refractivity contribution in [3.05, 3.63) is 192 Å². The number of hydrogen-bond acceptors (Lipinski definition) is 2. The summed E-state index contributed by atoms with van der Waals surface area (Å²) in [6.07, 6.45) is 0. The van der Waals surface area contributed by atoms with Crippen LogP contribution in [-0.2, 0) is 10.8 Å². The number of rotatable bonds is 6. The molecule has 1 aliphatic heterocycles. The molecule has 4 heteroatoms. The zero-order valence-electron chi connectivity index (χ0n) is 25.8. The Morgan fingerprint density at radius 1 is 0.511 bits per heavy atom. The fraction of sp³-hybridized carbons (Fsp3) is 0.122. The average molecular weight is 610 g/mol. The molecule has 2 nitrogen and oxygen atoms in total. The Kier molecular flexibility index (Phi) is 6.91. The van der Waals surface area contributed by atoms with E-state index in [1.54, 1.807) is 0 Å². The van der Waals surface area contributed by atoms with Gasteiger partial charge in [0, 0.05) is 0 Å². The van der Waals surface area contributed by atoms with E-state index in [9.17, 15) is 0 Å². The monoisotopic (exact) mass is 609 g/mol.